The zero-order valence-corrected chi connectivity index (χ0v) is 29.9. The first-order valence-corrected chi connectivity index (χ1v) is 18.4. The van der Waals surface area contributed by atoms with Gasteiger partial charge in [0.25, 0.3) is 0 Å². The summed E-state index contributed by atoms with van der Waals surface area (Å²) in [5, 5.41) is 2.52. The lowest BCUT2D eigenvalue weighted by Crippen LogP contribution is -2.14. The Balaban J connectivity index is 1.23. The molecule has 0 saturated heterocycles. The fraction of sp³-hybridized carbons (Fsp3) is 0.0588. The summed E-state index contributed by atoms with van der Waals surface area (Å²) in [6.07, 6.45) is 0. The minimum atomic E-state index is -0.0783. The first-order valence-electron chi connectivity index (χ1n) is 18.4. The fourth-order valence-electron chi connectivity index (χ4n) is 8.59. The van der Waals surface area contributed by atoms with Gasteiger partial charge in [0.15, 0.2) is 0 Å². The summed E-state index contributed by atoms with van der Waals surface area (Å²) in [4.78, 5) is 2.42. The van der Waals surface area contributed by atoms with E-state index < -0.39 is 0 Å². The van der Waals surface area contributed by atoms with Crippen molar-refractivity contribution in [1.82, 2.24) is 4.57 Å². The molecule has 0 spiro atoms. The van der Waals surface area contributed by atoms with Crippen LogP contribution in [-0.4, -0.2) is 4.57 Å². The first kappa shape index (κ1) is 31.1. The van der Waals surface area contributed by atoms with Crippen LogP contribution in [0.1, 0.15) is 25.0 Å². The van der Waals surface area contributed by atoms with E-state index >= 15 is 0 Å². The molecule has 0 saturated carbocycles. The van der Waals surface area contributed by atoms with E-state index in [9.17, 15) is 0 Å². The first-order chi connectivity index (χ1) is 26.1. The normalized spacial score (nSPS) is 12.9. The maximum Gasteiger partial charge on any atom is 0.0561 e. The summed E-state index contributed by atoms with van der Waals surface area (Å²) in [6.45, 7) is 4.73. The van der Waals surface area contributed by atoms with Crippen LogP contribution in [0.3, 0.4) is 0 Å². The highest BCUT2D eigenvalue weighted by Gasteiger charge is 2.36. The van der Waals surface area contributed by atoms with Crippen LogP contribution in [0.5, 0.6) is 0 Å². The van der Waals surface area contributed by atoms with Gasteiger partial charge in [0, 0.05) is 38.8 Å². The number of fused-ring (bicyclic) bond motifs is 6. The summed E-state index contributed by atoms with van der Waals surface area (Å²) in [5.74, 6) is 0. The van der Waals surface area contributed by atoms with Gasteiger partial charge in [-0.05, 0) is 93.5 Å². The van der Waals surface area contributed by atoms with E-state index in [1.165, 1.54) is 66.3 Å². The van der Waals surface area contributed by atoms with Gasteiger partial charge in [-0.25, -0.2) is 0 Å². The molecule has 1 aliphatic rings. The minimum Gasteiger partial charge on any atom is -0.310 e. The van der Waals surface area contributed by atoms with Gasteiger partial charge in [-0.1, -0.05) is 153 Å². The molecule has 0 aliphatic heterocycles. The fourth-order valence-corrected chi connectivity index (χ4v) is 8.59. The number of nitrogens with zero attached hydrogens (tertiary/aromatic N) is 2. The van der Waals surface area contributed by atoms with Gasteiger partial charge in [-0.3, -0.25) is 0 Å². The van der Waals surface area contributed by atoms with Gasteiger partial charge in [0.2, 0.25) is 0 Å². The zero-order chi connectivity index (χ0) is 35.5. The number of aromatic nitrogens is 1. The number of hydrogen-bond donors (Lipinski definition) is 0. The highest BCUT2D eigenvalue weighted by Crippen LogP contribution is 2.51. The molecule has 8 aromatic carbocycles. The largest absolute Gasteiger partial charge is 0.310 e. The average molecular weight is 679 g/mol. The van der Waals surface area contributed by atoms with Crippen molar-refractivity contribution in [1.29, 1.82) is 0 Å². The molecule has 0 atom stereocenters. The Labute approximate surface area is 310 Å². The number of para-hydroxylation sites is 2. The van der Waals surface area contributed by atoms with Crippen molar-refractivity contribution in [2.24, 2.45) is 0 Å². The standard InChI is InChI=1S/C51H38N2/c1-51(2)46-24-14-12-23-42(46)44-34-50-45(33-47(44)51)43-31-30-40(32-49(43)53(50)38-20-10-5-11-21-38)52(39-28-26-36(27-29-39)35-16-6-3-7-17-35)48-25-15-13-22-41(48)37-18-8-4-9-19-37/h3-34H,1-2H3. The van der Waals surface area contributed by atoms with E-state index in [0.29, 0.717) is 0 Å². The Morgan fingerprint density at radius 2 is 0.962 bits per heavy atom. The number of benzene rings is 8. The maximum absolute atomic E-state index is 2.47. The summed E-state index contributed by atoms with van der Waals surface area (Å²) in [7, 11) is 0. The second-order valence-corrected chi connectivity index (χ2v) is 14.6. The Hall–Kier alpha value is -6.64. The molecule has 1 aromatic heterocycles. The van der Waals surface area contributed by atoms with Gasteiger partial charge in [-0.2, -0.15) is 0 Å². The highest BCUT2D eigenvalue weighted by atomic mass is 15.1. The van der Waals surface area contributed by atoms with Gasteiger partial charge >= 0.3 is 0 Å². The van der Waals surface area contributed by atoms with Gasteiger partial charge < -0.3 is 9.47 Å². The summed E-state index contributed by atoms with van der Waals surface area (Å²) in [6, 6.07) is 70.7. The lowest BCUT2D eigenvalue weighted by atomic mass is 9.82. The predicted molar refractivity (Wildman–Crippen MR) is 224 cm³/mol. The Morgan fingerprint density at radius 3 is 1.70 bits per heavy atom. The second-order valence-electron chi connectivity index (χ2n) is 14.6. The quantitative estimate of drug-likeness (QED) is 0.170. The van der Waals surface area contributed by atoms with Crippen LogP contribution in [0.4, 0.5) is 17.1 Å². The molecule has 10 rings (SSSR count). The molecule has 252 valence electrons. The van der Waals surface area contributed by atoms with Gasteiger partial charge in [-0.15, -0.1) is 0 Å². The minimum absolute atomic E-state index is 0.0783. The topological polar surface area (TPSA) is 8.17 Å². The van der Waals surface area contributed by atoms with E-state index in [2.05, 4.69) is 217 Å². The summed E-state index contributed by atoms with van der Waals surface area (Å²) < 4.78 is 2.46. The SMILES string of the molecule is CC1(C)c2ccccc2-c2cc3c(cc21)c1ccc(N(c2ccc(-c4ccccc4)cc2)c2ccccc2-c2ccccc2)cc1n3-c1ccccc1. The lowest BCUT2D eigenvalue weighted by molar-refractivity contribution is 0.661. The smallest absolute Gasteiger partial charge is 0.0561 e. The van der Waals surface area contributed by atoms with Crippen LogP contribution >= 0.6 is 0 Å². The molecule has 2 nitrogen and oxygen atoms in total. The maximum atomic E-state index is 2.47. The van der Waals surface area contributed by atoms with E-state index in [-0.39, 0.29) is 5.41 Å². The molecule has 0 fully saturated rings. The number of hydrogen-bond acceptors (Lipinski definition) is 1. The monoisotopic (exact) mass is 678 g/mol. The van der Waals surface area contributed by atoms with Crippen molar-refractivity contribution >= 4 is 38.9 Å². The van der Waals surface area contributed by atoms with E-state index in [0.717, 1.165) is 22.7 Å². The molecule has 2 heteroatoms. The summed E-state index contributed by atoms with van der Waals surface area (Å²) >= 11 is 0. The molecule has 0 bridgehead atoms. The Kier molecular flexibility index (Phi) is 7.19. The molecule has 1 aliphatic carbocycles. The third-order valence-electron chi connectivity index (χ3n) is 11.2. The number of rotatable bonds is 6. The average Bonchev–Trinajstić information content (AvgIpc) is 3.66. The molecule has 9 aromatic rings. The van der Waals surface area contributed by atoms with Crippen LogP contribution in [0.2, 0.25) is 0 Å². The van der Waals surface area contributed by atoms with E-state index in [1.54, 1.807) is 0 Å². The van der Waals surface area contributed by atoms with Gasteiger partial charge in [0.05, 0.1) is 16.7 Å². The molecule has 53 heavy (non-hydrogen) atoms. The number of anilines is 3. The van der Waals surface area contributed by atoms with E-state index in [4.69, 9.17) is 0 Å². The highest BCUT2D eigenvalue weighted by molar-refractivity contribution is 6.12. The van der Waals surface area contributed by atoms with Crippen molar-refractivity contribution in [2.45, 2.75) is 19.3 Å². The van der Waals surface area contributed by atoms with Crippen molar-refractivity contribution in [3.05, 3.63) is 205 Å². The molecule has 0 radical (unpaired) electrons. The molecule has 1 heterocycles. The zero-order valence-electron chi connectivity index (χ0n) is 29.9. The Morgan fingerprint density at radius 1 is 0.396 bits per heavy atom. The van der Waals surface area contributed by atoms with Crippen LogP contribution < -0.4 is 4.90 Å². The van der Waals surface area contributed by atoms with Crippen LogP contribution in [0.25, 0.3) is 60.9 Å². The van der Waals surface area contributed by atoms with Crippen molar-refractivity contribution in [3.63, 3.8) is 0 Å². The van der Waals surface area contributed by atoms with E-state index in [1.807, 2.05) is 0 Å². The Bertz CT molecular complexity index is 2780. The molecular weight excluding hydrogens is 641 g/mol. The van der Waals surface area contributed by atoms with Crippen molar-refractivity contribution in [2.75, 3.05) is 4.90 Å². The summed E-state index contributed by atoms with van der Waals surface area (Å²) in [5.41, 5.74) is 17.0. The molecule has 0 amide bonds. The molecule has 0 N–H and O–H groups in total. The second kappa shape index (κ2) is 12.3. The molecule has 0 unspecified atom stereocenters. The lowest BCUT2D eigenvalue weighted by Gasteiger charge is -2.28. The van der Waals surface area contributed by atoms with Crippen LogP contribution in [0.15, 0.2) is 194 Å². The third kappa shape index (κ3) is 5.02. The van der Waals surface area contributed by atoms with Crippen LogP contribution in [-0.2, 0) is 5.41 Å². The van der Waals surface area contributed by atoms with Crippen molar-refractivity contribution < 1.29 is 0 Å². The van der Waals surface area contributed by atoms with Crippen LogP contribution in [0, 0.1) is 0 Å². The predicted octanol–water partition coefficient (Wildman–Crippen LogP) is 13.9. The van der Waals surface area contributed by atoms with Crippen molar-refractivity contribution in [3.8, 4) is 39.1 Å². The van der Waals surface area contributed by atoms with Gasteiger partial charge in [0.1, 0.15) is 0 Å². The molecular formula is C51H38N2. The third-order valence-corrected chi connectivity index (χ3v) is 11.2.